The van der Waals surface area contributed by atoms with E-state index in [1.165, 1.54) is 0 Å². The third-order valence-electron chi connectivity index (χ3n) is 10.7. The third kappa shape index (κ3) is 9.52. The highest BCUT2D eigenvalue weighted by molar-refractivity contribution is 6.04. The van der Waals surface area contributed by atoms with Crippen molar-refractivity contribution in [1.82, 2.24) is 19.6 Å². The summed E-state index contributed by atoms with van der Waals surface area (Å²) in [6.45, 7) is 21.3. The molecule has 0 aromatic rings. The lowest BCUT2D eigenvalue weighted by molar-refractivity contribution is -0.295. The van der Waals surface area contributed by atoms with Crippen molar-refractivity contribution in [2.24, 2.45) is 17.3 Å². The summed E-state index contributed by atoms with van der Waals surface area (Å²) >= 11 is 0. The minimum Gasteiger partial charge on any atom is -0.463 e. The molecule has 3 saturated heterocycles. The molecule has 0 radical (unpaired) electrons. The van der Waals surface area contributed by atoms with Crippen molar-refractivity contribution < 1.29 is 38.4 Å². The van der Waals surface area contributed by atoms with Gasteiger partial charge in [-0.2, -0.15) is 0 Å². The van der Waals surface area contributed by atoms with Gasteiger partial charge in [0.1, 0.15) is 18.1 Å². The van der Waals surface area contributed by atoms with Gasteiger partial charge in [-0.15, -0.1) is 0 Å². The Labute approximate surface area is 283 Å². The molecular weight excluding hydrogens is 604 g/mol. The molecule has 9 atom stereocenters. The molecule has 3 rings (SSSR count). The first-order valence-corrected chi connectivity index (χ1v) is 17.5. The fourth-order valence-electron chi connectivity index (χ4n) is 7.69. The third-order valence-corrected chi connectivity index (χ3v) is 10.7. The van der Waals surface area contributed by atoms with E-state index >= 15 is 0 Å². The number of aliphatic hydroxyl groups is 1. The van der Waals surface area contributed by atoms with Gasteiger partial charge in [0.05, 0.1) is 23.9 Å². The molecule has 0 spiro atoms. The number of likely N-dealkylation sites (N-methyl/N-ethyl adjacent to an activating group) is 1. The Morgan fingerprint density at radius 2 is 1.70 bits per heavy atom. The number of esters is 1. The standard InChI is InChI=1S/C35H64N4O8/c1-22(2)38-15-13-37(14-16-38)20-27-21-45-33(43)34(7,8)30(42)25(5)31(35(9,44-12)18-23(3)19-39(27)26(6)40)47-32-29(41)28(36(10)11)17-24(4)46-32/h22-25,27-29,31-32,41H,13-21H2,1-12H3/t23-,24-,25+,27+,28+,29-,31-,32+,35-/m1/s1. The molecule has 47 heavy (non-hydrogen) atoms. The van der Waals surface area contributed by atoms with E-state index in [0.29, 0.717) is 32.0 Å². The van der Waals surface area contributed by atoms with Gasteiger partial charge in [-0.05, 0) is 74.4 Å². The Morgan fingerprint density at radius 3 is 2.23 bits per heavy atom. The second-order valence-electron chi connectivity index (χ2n) is 15.6. The largest absolute Gasteiger partial charge is 0.463 e. The molecule has 3 aliphatic rings. The van der Waals surface area contributed by atoms with Gasteiger partial charge in [0, 0.05) is 71.3 Å². The zero-order chi connectivity index (χ0) is 35.4. The predicted octanol–water partition coefficient (Wildman–Crippen LogP) is 2.26. The maximum absolute atomic E-state index is 14.3. The minimum atomic E-state index is -1.50. The normalized spacial score (nSPS) is 37.3. The van der Waals surface area contributed by atoms with Crippen LogP contribution < -0.4 is 0 Å². The summed E-state index contributed by atoms with van der Waals surface area (Å²) in [5.74, 6) is -2.00. The van der Waals surface area contributed by atoms with Gasteiger partial charge in [0.25, 0.3) is 0 Å². The SMILES string of the molecule is CO[C@]1(C)C[C@@H](C)CN(C(C)=O)[C@@H](CN2CCN(C(C)C)CC2)COC(=O)C(C)(C)C(=O)[C@H](C)[C@H]1O[C@@H]1O[C@H](C)C[C@H](N(C)C)[C@H]1O. The van der Waals surface area contributed by atoms with Crippen LogP contribution in [-0.4, -0.2) is 158 Å². The van der Waals surface area contributed by atoms with Gasteiger partial charge < -0.3 is 33.9 Å². The van der Waals surface area contributed by atoms with Crippen molar-refractivity contribution in [3.8, 4) is 0 Å². The molecule has 0 aliphatic carbocycles. The quantitative estimate of drug-likeness (QED) is 0.318. The number of ketones is 1. The molecule has 0 saturated carbocycles. The summed E-state index contributed by atoms with van der Waals surface area (Å²) in [6, 6.07) is -0.128. The lowest BCUT2D eigenvalue weighted by Gasteiger charge is -2.47. The van der Waals surface area contributed by atoms with Crippen LogP contribution in [0.4, 0.5) is 0 Å². The molecule has 272 valence electrons. The Hall–Kier alpha value is -1.67. The van der Waals surface area contributed by atoms with Gasteiger partial charge in [-0.1, -0.05) is 13.8 Å². The maximum Gasteiger partial charge on any atom is 0.319 e. The van der Waals surface area contributed by atoms with E-state index in [4.69, 9.17) is 18.9 Å². The highest BCUT2D eigenvalue weighted by atomic mass is 16.7. The van der Waals surface area contributed by atoms with Crippen LogP contribution in [0.25, 0.3) is 0 Å². The molecule has 3 fully saturated rings. The predicted molar refractivity (Wildman–Crippen MR) is 180 cm³/mol. The van der Waals surface area contributed by atoms with Crippen LogP contribution in [0.5, 0.6) is 0 Å². The molecule has 3 heterocycles. The molecule has 3 aliphatic heterocycles. The molecule has 1 amide bonds. The van der Waals surface area contributed by atoms with Gasteiger partial charge in [-0.3, -0.25) is 24.2 Å². The van der Waals surface area contributed by atoms with Crippen LogP contribution >= 0.6 is 0 Å². The number of methoxy groups -OCH3 is 1. The number of amides is 1. The van der Waals surface area contributed by atoms with Crippen molar-refractivity contribution in [3.05, 3.63) is 0 Å². The molecule has 0 aromatic heterocycles. The number of hydrogen-bond acceptors (Lipinski definition) is 11. The zero-order valence-electron chi connectivity index (χ0n) is 31.2. The van der Waals surface area contributed by atoms with Gasteiger partial charge in [0.2, 0.25) is 5.91 Å². The second kappa shape index (κ2) is 16.4. The monoisotopic (exact) mass is 668 g/mol. The Kier molecular flexibility index (Phi) is 13.8. The minimum absolute atomic E-state index is 0.00594. The number of cyclic esters (lactones) is 1. The van der Waals surface area contributed by atoms with E-state index in [9.17, 15) is 19.5 Å². The lowest BCUT2D eigenvalue weighted by Crippen LogP contribution is -2.59. The summed E-state index contributed by atoms with van der Waals surface area (Å²) in [7, 11) is 5.40. The molecule has 0 aromatic carbocycles. The van der Waals surface area contributed by atoms with Crippen LogP contribution in [-0.2, 0) is 33.3 Å². The van der Waals surface area contributed by atoms with Crippen molar-refractivity contribution in [3.63, 3.8) is 0 Å². The molecule has 0 bridgehead atoms. The number of nitrogens with zero attached hydrogens (tertiary/aromatic N) is 4. The van der Waals surface area contributed by atoms with Crippen LogP contribution in [0.2, 0.25) is 0 Å². The smallest absolute Gasteiger partial charge is 0.319 e. The summed E-state index contributed by atoms with van der Waals surface area (Å²) < 4.78 is 24.9. The lowest BCUT2D eigenvalue weighted by atomic mass is 9.74. The van der Waals surface area contributed by atoms with Gasteiger partial charge >= 0.3 is 5.97 Å². The molecular formula is C35H64N4O8. The van der Waals surface area contributed by atoms with Crippen LogP contribution in [0.1, 0.15) is 75.2 Å². The van der Waals surface area contributed by atoms with Gasteiger partial charge in [-0.25, -0.2) is 0 Å². The van der Waals surface area contributed by atoms with Crippen molar-refractivity contribution in [2.75, 3.05) is 67.1 Å². The molecule has 12 heteroatoms. The maximum atomic E-state index is 14.3. The zero-order valence-corrected chi connectivity index (χ0v) is 31.2. The number of carbonyl (C=O) groups excluding carboxylic acids is 3. The summed E-state index contributed by atoms with van der Waals surface area (Å²) in [5.41, 5.74) is -2.54. The van der Waals surface area contributed by atoms with E-state index in [1.54, 1.807) is 34.8 Å². The second-order valence-corrected chi connectivity index (χ2v) is 15.6. The van der Waals surface area contributed by atoms with E-state index in [2.05, 4.69) is 30.6 Å². The summed E-state index contributed by atoms with van der Waals surface area (Å²) in [5, 5.41) is 11.3. The van der Waals surface area contributed by atoms with Crippen molar-refractivity contribution in [1.29, 1.82) is 0 Å². The van der Waals surface area contributed by atoms with E-state index in [1.807, 2.05) is 37.7 Å². The Bertz CT molecular complexity index is 1060. The number of rotatable bonds is 7. The first-order chi connectivity index (χ1) is 21.8. The van der Waals surface area contributed by atoms with E-state index in [0.717, 1.165) is 26.2 Å². The number of hydrogen-bond donors (Lipinski definition) is 1. The molecule has 12 nitrogen and oxygen atoms in total. The number of piperazine rings is 1. The first-order valence-electron chi connectivity index (χ1n) is 17.5. The Morgan fingerprint density at radius 1 is 1.09 bits per heavy atom. The number of ether oxygens (including phenoxy) is 4. The average Bonchev–Trinajstić information content (AvgIpc) is 3.00. The van der Waals surface area contributed by atoms with Gasteiger partial charge in [0.15, 0.2) is 12.1 Å². The van der Waals surface area contributed by atoms with Crippen molar-refractivity contribution in [2.45, 2.75) is 123 Å². The average molecular weight is 669 g/mol. The van der Waals surface area contributed by atoms with Crippen LogP contribution in [0, 0.1) is 17.3 Å². The first kappa shape index (κ1) is 39.8. The highest BCUT2D eigenvalue weighted by Gasteiger charge is 2.51. The number of aliphatic hydroxyl groups excluding tert-OH is 1. The summed E-state index contributed by atoms with van der Waals surface area (Å²) in [4.78, 5) is 49.8. The fourth-order valence-corrected chi connectivity index (χ4v) is 7.69. The van der Waals surface area contributed by atoms with Crippen molar-refractivity contribution >= 4 is 17.7 Å². The van der Waals surface area contributed by atoms with Crippen LogP contribution in [0.3, 0.4) is 0 Å². The topological polar surface area (TPSA) is 121 Å². The summed E-state index contributed by atoms with van der Waals surface area (Å²) in [6.07, 6.45) is -2.00. The number of Topliss-reactive ketones (excluding diaryl/α,β-unsaturated/α-hetero) is 1. The van der Waals surface area contributed by atoms with Crippen LogP contribution in [0.15, 0.2) is 0 Å². The molecule has 0 unspecified atom stereocenters. The van der Waals surface area contributed by atoms with E-state index < -0.39 is 41.4 Å². The highest BCUT2D eigenvalue weighted by Crippen LogP contribution is 2.38. The Balaban J connectivity index is 1.98. The molecule has 1 N–H and O–H groups in total. The van der Waals surface area contributed by atoms with E-state index in [-0.39, 0.29) is 42.4 Å². The number of carbonyl (C=O) groups is 3. The fraction of sp³-hybridized carbons (Fsp3) is 0.914.